The molecule has 3 aromatic carbocycles. The second kappa shape index (κ2) is 7.26. The van der Waals surface area contributed by atoms with E-state index in [0.29, 0.717) is 5.56 Å². The number of hydrogen-bond donors (Lipinski definition) is 0. The number of allylic oxidation sites excluding steroid dienone is 1. The molecule has 0 amide bonds. The molecule has 0 spiro atoms. The number of ether oxygens (including phenoxy) is 1. The molecule has 0 atom stereocenters. The van der Waals surface area contributed by atoms with Crippen molar-refractivity contribution in [1.82, 2.24) is 0 Å². The summed E-state index contributed by atoms with van der Waals surface area (Å²) in [5.74, 6) is 0.217. The molecule has 140 valence electrons. The first-order chi connectivity index (χ1) is 13.4. The number of Topliss-reactive ketones (excluding diaryl/α,β-unsaturated/α-hetero) is 1. The van der Waals surface area contributed by atoms with E-state index >= 15 is 0 Å². The first-order valence-corrected chi connectivity index (χ1v) is 10.5. The predicted molar refractivity (Wildman–Crippen MR) is 108 cm³/mol. The molecule has 0 saturated heterocycles. The van der Waals surface area contributed by atoms with E-state index in [9.17, 15) is 13.2 Å². The van der Waals surface area contributed by atoms with Gasteiger partial charge in [-0.15, -0.1) is 0 Å². The molecule has 7 heteroatoms. The van der Waals surface area contributed by atoms with E-state index in [2.05, 4.69) is 15.9 Å². The minimum atomic E-state index is -3.97. The van der Waals surface area contributed by atoms with Crippen molar-refractivity contribution in [1.29, 1.82) is 0 Å². The van der Waals surface area contributed by atoms with Gasteiger partial charge in [-0.1, -0.05) is 46.3 Å². The fourth-order valence-electron chi connectivity index (χ4n) is 2.73. The van der Waals surface area contributed by atoms with Gasteiger partial charge in [0.2, 0.25) is 5.78 Å². The molecule has 0 aliphatic carbocycles. The molecular formula is C21H13BrO5S. The van der Waals surface area contributed by atoms with Gasteiger partial charge in [-0.2, -0.15) is 8.42 Å². The van der Waals surface area contributed by atoms with Crippen LogP contribution in [-0.4, -0.2) is 14.2 Å². The highest BCUT2D eigenvalue weighted by Gasteiger charge is 2.28. The summed E-state index contributed by atoms with van der Waals surface area (Å²) < 4.78 is 36.4. The lowest BCUT2D eigenvalue weighted by atomic mass is 10.1. The lowest BCUT2D eigenvalue weighted by Gasteiger charge is -2.07. The van der Waals surface area contributed by atoms with Gasteiger partial charge in [-0.25, -0.2) is 0 Å². The van der Waals surface area contributed by atoms with Crippen LogP contribution in [0.3, 0.4) is 0 Å². The van der Waals surface area contributed by atoms with Crippen LogP contribution in [0.15, 0.2) is 87.9 Å². The minimum absolute atomic E-state index is 0.0442. The number of rotatable bonds is 4. The molecule has 28 heavy (non-hydrogen) atoms. The van der Waals surface area contributed by atoms with Gasteiger partial charge < -0.3 is 8.92 Å². The Hall–Kier alpha value is -2.90. The van der Waals surface area contributed by atoms with E-state index in [0.717, 1.165) is 10.0 Å². The van der Waals surface area contributed by atoms with Crippen molar-refractivity contribution >= 4 is 37.9 Å². The summed E-state index contributed by atoms with van der Waals surface area (Å²) in [6, 6.07) is 19.6. The Morgan fingerprint density at radius 3 is 2.46 bits per heavy atom. The molecule has 1 heterocycles. The first-order valence-electron chi connectivity index (χ1n) is 8.26. The van der Waals surface area contributed by atoms with Crippen molar-refractivity contribution in [3.8, 4) is 11.5 Å². The average Bonchev–Trinajstić information content (AvgIpc) is 2.97. The molecule has 0 radical (unpaired) electrons. The van der Waals surface area contributed by atoms with Gasteiger partial charge in [0.05, 0.1) is 5.56 Å². The van der Waals surface area contributed by atoms with E-state index in [1.807, 2.05) is 24.3 Å². The fourth-order valence-corrected chi connectivity index (χ4v) is 4.09. The van der Waals surface area contributed by atoms with Gasteiger partial charge in [0.1, 0.15) is 16.4 Å². The molecule has 0 aromatic heterocycles. The lowest BCUT2D eigenvalue weighted by Crippen LogP contribution is -2.09. The van der Waals surface area contributed by atoms with Crippen LogP contribution in [0.25, 0.3) is 6.08 Å². The predicted octanol–water partition coefficient (Wildman–Crippen LogP) is 4.83. The molecule has 0 unspecified atom stereocenters. The number of hydrogen-bond acceptors (Lipinski definition) is 5. The van der Waals surface area contributed by atoms with Crippen LogP contribution in [0, 0.1) is 0 Å². The minimum Gasteiger partial charge on any atom is -0.452 e. The summed E-state index contributed by atoms with van der Waals surface area (Å²) in [5.41, 5.74) is 1.15. The molecule has 1 aliphatic heterocycles. The van der Waals surface area contributed by atoms with Crippen LogP contribution >= 0.6 is 15.9 Å². The Bertz CT molecular complexity index is 1200. The molecule has 0 fully saturated rings. The highest BCUT2D eigenvalue weighted by Crippen LogP contribution is 2.35. The van der Waals surface area contributed by atoms with Crippen LogP contribution in [-0.2, 0) is 10.1 Å². The number of halogens is 1. The summed E-state index contributed by atoms with van der Waals surface area (Å²) in [6.45, 7) is 0. The van der Waals surface area contributed by atoms with Crippen molar-refractivity contribution < 1.29 is 22.1 Å². The van der Waals surface area contributed by atoms with Crippen molar-refractivity contribution in [2.75, 3.05) is 0 Å². The summed E-state index contributed by atoms with van der Waals surface area (Å²) in [4.78, 5) is 12.6. The molecule has 0 N–H and O–H groups in total. The van der Waals surface area contributed by atoms with Gasteiger partial charge in [0.15, 0.2) is 5.76 Å². The summed E-state index contributed by atoms with van der Waals surface area (Å²) in [5, 5.41) is 0. The largest absolute Gasteiger partial charge is 0.452 e. The van der Waals surface area contributed by atoms with Crippen LogP contribution in [0.5, 0.6) is 11.5 Å². The lowest BCUT2D eigenvalue weighted by molar-refractivity contribution is 0.101. The van der Waals surface area contributed by atoms with Crippen LogP contribution in [0.1, 0.15) is 15.9 Å². The van der Waals surface area contributed by atoms with Crippen LogP contribution in [0.4, 0.5) is 0 Å². The Kier molecular flexibility index (Phi) is 4.78. The monoisotopic (exact) mass is 456 g/mol. The molecule has 3 aromatic rings. The van der Waals surface area contributed by atoms with Gasteiger partial charge in [0, 0.05) is 10.5 Å². The second-order valence-electron chi connectivity index (χ2n) is 6.00. The Labute approximate surface area is 170 Å². The molecule has 1 aliphatic rings. The molecular weight excluding hydrogens is 444 g/mol. The molecule has 5 nitrogen and oxygen atoms in total. The highest BCUT2D eigenvalue weighted by molar-refractivity contribution is 9.10. The number of carbonyl (C=O) groups excluding carboxylic acids is 1. The van der Waals surface area contributed by atoms with Crippen molar-refractivity contribution in [2.45, 2.75) is 4.90 Å². The SMILES string of the molecule is O=C1/C(=C/c2cccc(Br)c2)Oc2cc(OS(=O)(=O)c3ccccc3)ccc21. The van der Waals surface area contributed by atoms with Crippen LogP contribution in [0.2, 0.25) is 0 Å². The summed E-state index contributed by atoms with van der Waals surface area (Å²) in [6.07, 6.45) is 1.63. The maximum atomic E-state index is 12.5. The van der Waals surface area contributed by atoms with E-state index in [4.69, 9.17) is 8.92 Å². The fraction of sp³-hybridized carbons (Fsp3) is 0. The number of fused-ring (bicyclic) bond motifs is 1. The van der Waals surface area contributed by atoms with Crippen molar-refractivity contribution in [2.24, 2.45) is 0 Å². The Balaban J connectivity index is 1.61. The number of ketones is 1. The first kappa shape index (κ1) is 18.5. The van der Waals surface area contributed by atoms with Crippen molar-refractivity contribution in [3.63, 3.8) is 0 Å². The maximum absolute atomic E-state index is 12.5. The highest BCUT2D eigenvalue weighted by atomic mass is 79.9. The average molecular weight is 457 g/mol. The number of benzene rings is 3. The van der Waals surface area contributed by atoms with E-state index in [1.165, 1.54) is 30.3 Å². The van der Waals surface area contributed by atoms with Crippen molar-refractivity contribution in [3.05, 3.63) is 94.2 Å². The third-order valence-corrected chi connectivity index (χ3v) is 5.78. The number of carbonyl (C=O) groups is 1. The van der Waals surface area contributed by atoms with Crippen LogP contribution < -0.4 is 8.92 Å². The standard InChI is InChI=1S/C21H13BrO5S/c22-15-6-4-5-14(11-15)12-20-21(23)18-10-9-16(13-19(18)26-20)27-28(24,25)17-7-2-1-3-8-17/h1-13H/b20-12-. The van der Waals surface area contributed by atoms with Gasteiger partial charge in [0.25, 0.3) is 0 Å². The Morgan fingerprint density at radius 2 is 1.71 bits per heavy atom. The normalized spacial score (nSPS) is 14.6. The van der Waals surface area contributed by atoms with E-state index in [1.54, 1.807) is 24.3 Å². The topological polar surface area (TPSA) is 69.7 Å². The zero-order valence-electron chi connectivity index (χ0n) is 14.3. The van der Waals surface area contributed by atoms with E-state index < -0.39 is 10.1 Å². The second-order valence-corrected chi connectivity index (χ2v) is 8.47. The quantitative estimate of drug-likeness (QED) is 0.415. The smallest absolute Gasteiger partial charge is 0.339 e. The third kappa shape index (κ3) is 3.72. The summed E-state index contributed by atoms with van der Waals surface area (Å²) >= 11 is 3.38. The van der Waals surface area contributed by atoms with Gasteiger partial charge >= 0.3 is 10.1 Å². The zero-order valence-corrected chi connectivity index (χ0v) is 16.7. The zero-order chi connectivity index (χ0) is 19.7. The van der Waals surface area contributed by atoms with E-state index in [-0.39, 0.29) is 27.9 Å². The molecule has 4 rings (SSSR count). The van der Waals surface area contributed by atoms with Gasteiger partial charge in [-0.05, 0) is 48.0 Å². The third-order valence-electron chi connectivity index (χ3n) is 4.03. The molecule has 0 saturated carbocycles. The Morgan fingerprint density at radius 1 is 0.929 bits per heavy atom. The maximum Gasteiger partial charge on any atom is 0.339 e. The molecule has 0 bridgehead atoms. The summed E-state index contributed by atoms with van der Waals surface area (Å²) in [7, 11) is -3.97. The van der Waals surface area contributed by atoms with Gasteiger partial charge in [-0.3, -0.25) is 4.79 Å².